The fraction of sp³-hybridized carbons (Fsp3) is 0.258. The number of aromatic nitrogens is 3. The fourth-order valence-electron chi connectivity index (χ4n) is 5.50. The molecule has 0 unspecified atom stereocenters. The highest BCUT2D eigenvalue weighted by Gasteiger charge is 2.30. The monoisotopic (exact) mass is 588 g/mol. The molecule has 0 bridgehead atoms. The predicted octanol–water partition coefficient (Wildman–Crippen LogP) is 4.51. The molecule has 1 aliphatic rings. The van der Waals surface area contributed by atoms with Crippen LogP contribution in [0.3, 0.4) is 0 Å². The molecule has 1 saturated heterocycles. The average molecular weight is 589 g/mol. The van der Waals surface area contributed by atoms with Gasteiger partial charge < -0.3 is 15.5 Å². The van der Waals surface area contributed by atoms with Crippen LogP contribution in [0.25, 0.3) is 28.0 Å². The summed E-state index contributed by atoms with van der Waals surface area (Å²) in [5.41, 5.74) is 6.65. The van der Waals surface area contributed by atoms with Crippen molar-refractivity contribution in [1.29, 1.82) is 0 Å². The number of carbonyl (C=O) groups excluding carboxylic acids is 2. The maximum absolute atomic E-state index is 15.0. The summed E-state index contributed by atoms with van der Waals surface area (Å²) in [5, 5.41) is 0.586. The third kappa shape index (κ3) is 5.14. The number of benzene rings is 2. The van der Waals surface area contributed by atoms with Gasteiger partial charge in [0.25, 0.3) is 5.91 Å². The molecule has 1 fully saturated rings. The number of primary amides is 1. The van der Waals surface area contributed by atoms with E-state index in [2.05, 4.69) is 11.6 Å². The Bertz CT molecular complexity index is 1790. The van der Waals surface area contributed by atoms with Crippen LogP contribution in [0.5, 0.6) is 0 Å². The van der Waals surface area contributed by atoms with E-state index in [0.29, 0.717) is 42.8 Å². The number of nitrogens with two attached hydrogens (primary N) is 1. The van der Waals surface area contributed by atoms with Gasteiger partial charge in [-0.05, 0) is 49.2 Å². The Morgan fingerprint density at radius 2 is 1.93 bits per heavy atom. The van der Waals surface area contributed by atoms with Crippen LogP contribution in [0.1, 0.15) is 36.2 Å². The molecule has 0 radical (unpaired) electrons. The number of carbonyl (C=O) groups is 2. The second kappa shape index (κ2) is 11.7. The van der Waals surface area contributed by atoms with Gasteiger partial charge in [-0.25, -0.2) is 18.7 Å². The zero-order chi connectivity index (χ0) is 30.1. The molecule has 2 aromatic heterocycles. The zero-order valence-electron chi connectivity index (χ0n) is 23.3. The lowest BCUT2D eigenvalue weighted by atomic mass is 10.0. The molecule has 42 heavy (non-hydrogen) atoms. The molecule has 1 atom stereocenters. The molecule has 2 amide bonds. The Morgan fingerprint density at radius 3 is 2.60 bits per heavy atom. The number of piperazine rings is 1. The maximum atomic E-state index is 15.0. The number of aryl methyl sites for hydroxylation is 1. The first-order valence-electron chi connectivity index (χ1n) is 13.6. The van der Waals surface area contributed by atoms with E-state index in [1.807, 2.05) is 24.8 Å². The van der Waals surface area contributed by atoms with E-state index in [-0.39, 0.29) is 45.1 Å². The molecular weight excluding hydrogens is 559 g/mol. The summed E-state index contributed by atoms with van der Waals surface area (Å²) in [7, 11) is 0. The molecule has 0 aliphatic carbocycles. The van der Waals surface area contributed by atoms with Gasteiger partial charge in [0.05, 0.1) is 27.4 Å². The summed E-state index contributed by atoms with van der Waals surface area (Å²) in [6, 6.07) is 12.6. The average Bonchev–Trinajstić information content (AvgIpc) is 2.97. The summed E-state index contributed by atoms with van der Waals surface area (Å²) in [6.45, 7) is 8.64. The normalized spacial score (nSPS) is 15.2. The molecule has 216 valence electrons. The van der Waals surface area contributed by atoms with Crippen LogP contribution >= 0.6 is 11.6 Å². The molecule has 0 spiro atoms. The van der Waals surface area contributed by atoms with Crippen LogP contribution in [0.4, 0.5) is 10.2 Å². The number of amides is 2. The van der Waals surface area contributed by atoms with Crippen molar-refractivity contribution in [2.75, 3.05) is 24.5 Å². The van der Waals surface area contributed by atoms with Crippen LogP contribution in [0.2, 0.25) is 5.02 Å². The number of fused-ring (bicyclic) bond motifs is 1. The van der Waals surface area contributed by atoms with E-state index in [9.17, 15) is 18.8 Å². The Labute approximate surface area is 247 Å². The number of hydrogen-bond donors (Lipinski definition) is 1. The Kier molecular flexibility index (Phi) is 8.08. The van der Waals surface area contributed by atoms with Crippen LogP contribution in [-0.4, -0.2) is 56.9 Å². The van der Waals surface area contributed by atoms with E-state index < -0.39 is 17.4 Å². The number of hydrogen-bond acceptors (Lipinski definition) is 6. The van der Waals surface area contributed by atoms with Gasteiger partial charge in [-0.15, -0.1) is 0 Å². The van der Waals surface area contributed by atoms with Gasteiger partial charge in [-0.2, -0.15) is 4.98 Å². The molecule has 11 heteroatoms. The van der Waals surface area contributed by atoms with Gasteiger partial charge in [0.2, 0.25) is 5.91 Å². The van der Waals surface area contributed by atoms with Gasteiger partial charge in [0.1, 0.15) is 11.6 Å². The molecular formula is C31H30ClFN6O3. The van der Waals surface area contributed by atoms with E-state index in [1.165, 1.54) is 16.7 Å². The van der Waals surface area contributed by atoms with Crippen LogP contribution in [-0.2, 0) is 11.2 Å². The molecule has 2 N–H and O–H groups in total. The Morgan fingerprint density at radius 1 is 1.17 bits per heavy atom. The molecule has 9 nitrogen and oxygen atoms in total. The smallest absolute Gasteiger partial charge is 0.355 e. The highest BCUT2D eigenvalue weighted by molar-refractivity contribution is 6.33. The van der Waals surface area contributed by atoms with Crippen LogP contribution in [0.15, 0.2) is 66.0 Å². The lowest BCUT2D eigenvalue weighted by Gasteiger charge is -2.40. The quantitative estimate of drug-likeness (QED) is 0.318. The van der Waals surface area contributed by atoms with Crippen LogP contribution < -0.4 is 16.3 Å². The van der Waals surface area contributed by atoms with Crippen molar-refractivity contribution in [3.8, 4) is 16.9 Å². The molecule has 4 aromatic rings. The summed E-state index contributed by atoms with van der Waals surface area (Å²) in [6.07, 6.45) is 2.56. The van der Waals surface area contributed by atoms with Crippen molar-refractivity contribution in [2.45, 2.75) is 32.7 Å². The molecule has 3 heterocycles. The van der Waals surface area contributed by atoms with Gasteiger partial charge in [-0.3, -0.25) is 9.59 Å². The third-order valence-corrected chi connectivity index (χ3v) is 7.73. The highest BCUT2D eigenvalue weighted by atomic mass is 35.5. The van der Waals surface area contributed by atoms with Gasteiger partial charge >= 0.3 is 5.69 Å². The summed E-state index contributed by atoms with van der Waals surface area (Å²) >= 11 is 6.74. The van der Waals surface area contributed by atoms with E-state index >= 15 is 0 Å². The lowest BCUT2D eigenvalue weighted by Crippen LogP contribution is -2.54. The number of halogens is 2. The molecule has 5 rings (SSSR count). The van der Waals surface area contributed by atoms with Crippen LogP contribution in [0, 0.1) is 5.82 Å². The minimum atomic E-state index is -0.716. The topological polar surface area (TPSA) is 114 Å². The molecule has 2 aromatic carbocycles. The summed E-state index contributed by atoms with van der Waals surface area (Å²) < 4.78 is 16.2. The third-order valence-electron chi connectivity index (χ3n) is 7.44. The first-order valence-corrected chi connectivity index (χ1v) is 14.0. The molecule has 0 saturated carbocycles. The Hall–Kier alpha value is -4.57. The first kappa shape index (κ1) is 28.9. The number of pyridine rings is 1. The number of rotatable bonds is 7. The van der Waals surface area contributed by atoms with Crippen molar-refractivity contribution in [3.63, 3.8) is 0 Å². The minimum absolute atomic E-state index is 0.132. The number of nitrogens with zero attached hydrogens (tertiary/aromatic N) is 5. The largest absolute Gasteiger partial charge is 0.366 e. The van der Waals surface area contributed by atoms with Crippen molar-refractivity contribution >= 4 is 40.3 Å². The second-order valence-corrected chi connectivity index (χ2v) is 10.6. The van der Waals surface area contributed by atoms with Gasteiger partial charge in [0.15, 0.2) is 5.65 Å². The second-order valence-electron chi connectivity index (χ2n) is 10.2. The number of anilines is 1. The minimum Gasteiger partial charge on any atom is -0.366 e. The fourth-order valence-corrected chi connectivity index (χ4v) is 5.75. The zero-order valence-corrected chi connectivity index (χ0v) is 24.1. The van der Waals surface area contributed by atoms with E-state index in [4.69, 9.17) is 22.3 Å². The SMILES string of the molecule is C=CC(=O)N1CCN(c2nc(=O)n(-c3c(CCC)cccc3C(N)=O)c3nc(-c4ccccc4F)c(Cl)cc23)[C@@H](C)C1. The van der Waals surface area contributed by atoms with Crippen molar-refractivity contribution in [3.05, 3.63) is 93.6 Å². The standard InChI is InChI=1S/C31H30ClFN6O3/c1-4-9-19-10-8-12-21(28(34)41)27(19)39-30-22(16-23(32)26(35-30)20-11-6-7-13-24(20)33)29(36-31(39)42)38-15-14-37(17-18(38)3)25(40)5-2/h5-8,10-13,16,18H,2,4,9,14-15,17H2,1,3H3,(H2,34,41)/t18-/m0/s1. The lowest BCUT2D eigenvalue weighted by molar-refractivity contribution is -0.126. The van der Waals surface area contributed by atoms with Gasteiger partial charge in [-0.1, -0.05) is 55.8 Å². The molecule has 1 aliphatic heterocycles. The Balaban J connectivity index is 1.84. The van der Waals surface area contributed by atoms with E-state index in [0.717, 1.165) is 6.42 Å². The maximum Gasteiger partial charge on any atom is 0.355 e. The number of para-hydroxylation sites is 1. The van der Waals surface area contributed by atoms with Crippen molar-refractivity contribution in [1.82, 2.24) is 19.4 Å². The van der Waals surface area contributed by atoms with E-state index in [1.54, 1.807) is 41.3 Å². The first-order chi connectivity index (χ1) is 20.2. The summed E-state index contributed by atoms with van der Waals surface area (Å²) in [4.78, 5) is 51.7. The highest BCUT2D eigenvalue weighted by Crippen LogP contribution is 2.36. The van der Waals surface area contributed by atoms with Gasteiger partial charge in [0, 0.05) is 31.2 Å². The van der Waals surface area contributed by atoms with Crippen molar-refractivity contribution in [2.24, 2.45) is 5.73 Å². The predicted molar refractivity (Wildman–Crippen MR) is 162 cm³/mol. The summed E-state index contributed by atoms with van der Waals surface area (Å²) in [5.74, 6) is -1.10. The van der Waals surface area contributed by atoms with Crippen molar-refractivity contribution < 1.29 is 14.0 Å².